The molecule has 90 valence electrons. The van der Waals surface area contributed by atoms with Gasteiger partial charge in [0.1, 0.15) is 5.01 Å². The maximum absolute atomic E-state index is 5.78. The molecule has 2 unspecified atom stereocenters. The summed E-state index contributed by atoms with van der Waals surface area (Å²) in [5.74, 6) is 0. The number of thiazole rings is 1. The van der Waals surface area contributed by atoms with Crippen molar-refractivity contribution in [2.45, 2.75) is 25.5 Å². The van der Waals surface area contributed by atoms with Gasteiger partial charge in [-0.25, -0.2) is 4.98 Å². The summed E-state index contributed by atoms with van der Waals surface area (Å²) in [6, 6.07) is 0.249. The predicted molar refractivity (Wildman–Crippen MR) is 65.5 cm³/mol. The van der Waals surface area contributed by atoms with Crippen molar-refractivity contribution in [2.75, 3.05) is 26.2 Å². The molecule has 16 heavy (non-hydrogen) atoms. The van der Waals surface area contributed by atoms with E-state index in [1.54, 1.807) is 11.3 Å². The highest BCUT2D eigenvalue weighted by molar-refractivity contribution is 7.09. The zero-order chi connectivity index (χ0) is 11.4. The maximum Gasteiger partial charge on any atom is 0.112 e. The van der Waals surface area contributed by atoms with Gasteiger partial charge in [-0.15, -0.1) is 11.3 Å². The molecule has 2 N–H and O–H groups in total. The number of hydrogen-bond donors (Lipinski definition) is 1. The predicted octanol–water partition coefficient (Wildman–Crippen LogP) is 1.25. The maximum atomic E-state index is 5.78. The summed E-state index contributed by atoms with van der Waals surface area (Å²) in [5.41, 5.74) is 5.78. The molecule has 0 aliphatic carbocycles. The van der Waals surface area contributed by atoms with Crippen LogP contribution >= 0.6 is 11.3 Å². The lowest BCUT2D eigenvalue weighted by Crippen LogP contribution is -2.48. The van der Waals surface area contributed by atoms with Gasteiger partial charge in [-0.1, -0.05) is 6.92 Å². The van der Waals surface area contributed by atoms with Crippen molar-refractivity contribution in [3.05, 3.63) is 16.6 Å². The molecule has 0 saturated carbocycles. The van der Waals surface area contributed by atoms with Gasteiger partial charge in [0.15, 0.2) is 0 Å². The van der Waals surface area contributed by atoms with Crippen LogP contribution in [0, 0.1) is 0 Å². The van der Waals surface area contributed by atoms with Gasteiger partial charge in [0.05, 0.1) is 18.8 Å². The average Bonchev–Trinajstić information content (AvgIpc) is 2.82. The van der Waals surface area contributed by atoms with E-state index < -0.39 is 0 Å². The highest BCUT2D eigenvalue weighted by Gasteiger charge is 2.33. The van der Waals surface area contributed by atoms with Crippen LogP contribution in [0.25, 0.3) is 0 Å². The molecule has 0 spiro atoms. The van der Waals surface area contributed by atoms with E-state index in [2.05, 4.69) is 16.8 Å². The van der Waals surface area contributed by atoms with E-state index in [9.17, 15) is 0 Å². The Kier molecular flexibility index (Phi) is 4.29. The van der Waals surface area contributed by atoms with Gasteiger partial charge >= 0.3 is 0 Å². The first kappa shape index (κ1) is 12.0. The molecule has 5 heteroatoms. The molecular weight excluding hydrogens is 222 g/mol. The van der Waals surface area contributed by atoms with Crippen molar-refractivity contribution >= 4 is 11.3 Å². The molecule has 4 nitrogen and oxygen atoms in total. The zero-order valence-electron chi connectivity index (χ0n) is 9.63. The third kappa shape index (κ3) is 2.43. The first-order valence-electron chi connectivity index (χ1n) is 5.82. The second kappa shape index (κ2) is 5.72. The summed E-state index contributed by atoms with van der Waals surface area (Å²) < 4.78 is 5.74. The van der Waals surface area contributed by atoms with Gasteiger partial charge in [0.2, 0.25) is 0 Å². The Morgan fingerprint density at radius 2 is 2.56 bits per heavy atom. The summed E-state index contributed by atoms with van der Waals surface area (Å²) in [6.45, 7) is 5.61. The van der Waals surface area contributed by atoms with Crippen molar-refractivity contribution in [2.24, 2.45) is 5.73 Å². The van der Waals surface area contributed by atoms with Gasteiger partial charge < -0.3 is 10.5 Å². The first-order valence-corrected chi connectivity index (χ1v) is 6.70. The van der Waals surface area contributed by atoms with E-state index in [1.807, 2.05) is 11.6 Å². The molecule has 2 heterocycles. The second-order valence-electron chi connectivity index (χ2n) is 4.00. The Morgan fingerprint density at radius 1 is 1.69 bits per heavy atom. The number of morpholine rings is 1. The lowest BCUT2D eigenvalue weighted by atomic mass is 10.1. The molecule has 2 rings (SSSR count). The minimum Gasteiger partial charge on any atom is -0.373 e. The molecule has 1 saturated heterocycles. The summed E-state index contributed by atoms with van der Waals surface area (Å²) in [5, 5.41) is 3.14. The summed E-state index contributed by atoms with van der Waals surface area (Å²) in [7, 11) is 0. The normalized spacial score (nSPS) is 27.1. The Balaban J connectivity index is 2.17. The number of rotatable bonds is 4. The van der Waals surface area contributed by atoms with Crippen molar-refractivity contribution in [3.8, 4) is 0 Å². The van der Waals surface area contributed by atoms with Gasteiger partial charge in [-0.3, -0.25) is 4.90 Å². The third-order valence-electron chi connectivity index (χ3n) is 2.90. The highest BCUT2D eigenvalue weighted by atomic mass is 32.1. The largest absolute Gasteiger partial charge is 0.373 e. The average molecular weight is 241 g/mol. The van der Waals surface area contributed by atoms with E-state index in [1.165, 1.54) is 0 Å². The van der Waals surface area contributed by atoms with Crippen LogP contribution in [-0.2, 0) is 4.74 Å². The fourth-order valence-electron chi connectivity index (χ4n) is 2.22. The number of nitrogens with zero attached hydrogens (tertiary/aromatic N) is 2. The molecule has 0 amide bonds. The van der Waals surface area contributed by atoms with E-state index >= 15 is 0 Å². The van der Waals surface area contributed by atoms with E-state index in [0.29, 0.717) is 6.54 Å². The van der Waals surface area contributed by atoms with Gasteiger partial charge in [-0.2, -0.15) is 0 Å². The molecule has 1 aliphatic rings. The lowest BCUT2D eigenvalue weighted by Gasteiger charge is -2.39. The minimum absolute atomic E-state index is 0.0893. The Bertz CT molecular complexity index is 302. The molecule has 1 aliphatic heterocycles. The van der Waals surface area contributed by atoms with E-state index in [0.717, 1.165) is 31.1 Å². The molecule has 2 atom stereocenters. The molecule has 1 aromatic rings. The van der Waals surface area contributed by atoms with Crippen LogP contribution in [0.1, 0.15) is 24.4 Å². The minimum atomic E-state index is 0.0893. The van der Waals surface area contributed by atoms with Crippen LogP contribution in [0.3, 0.4) is 0 Å². The number of ether oxygens (including phenoxy) is 1. The number of nitrogens with two attached hydrogens (primary N) is 1. The number of hydrogen-bond acceptors (Lipinski definition) is 5. The van der Waals surface area contributed by atoms with E-state index in [4.69, 9.17) is 10.5 Å². The topological polar surface area (TPSA) is 51.4 Å². The smallest absolute Gasteiger partial charge is 0.112 e. The summed E-state index contributed by atoms with van der Waals surface area (Å²) >= 11 is 1.69. The summed E-state index contributed by atoms with van der Waals surface area (Å²) in [4.78, 5) is 6.86. The standard InChI is InChI=1S/C11H19N3OS/c1-2-4-14-5-6-15-9(8-12)10(14)11-13-3-7-16-11/h3,7,9-10H,2,4-6,8,12H2,1H3. The van der Waals surface area contributed by atoms with Crippen molar-refractivity contribution in [1.29, 1.82) is 0 Å². The van der Waals surface area contributed by atoms with Crippen LogP contribution in [0.2, 0.25) is 0 Å². The van der Waals surface area contributed by atoms with Crippen LogP contribution in [0.5, 0.6) is 0 Å². The van der Waals surface area contributed by atoms with Gasteiger partial charge in [-0.05, 0) is 13.0 Å². The molecule has 0 bridgehead atoms. The fourth-order valence-corrected chi connectivity index (χ4v) is 3.04. The Morgan fingerprint density at radius 3 is 3.19 bits per heavy atom. The molecule has 0 radical (unpaired) electrons. The first-order chi connectivity index (χ1) is 7.86. The molecular formula is C11H19N3OS. The number of aromatic nitrogens is 1. The zero-order valence-corrected chi connectivity index (χ0v) is 10.4. The van der Waals surface area contributed by atoms with Gasteiger partial charge in [0.25, 0.3) is 0 Å². The summed E-state index contributed by atoms with van der Waals surface area (Å²) in [6.07, 6.45) is 3.09. The van der Waals surface area contributed by atoms with Gasteiger partial charge in [0, 0.05) is 24.7 Å². The molecule has 1 aromatic heterocycles. The molecule has 1 fully saturated rings. The monoisotopic (exact) mass is 241 g/mol. The Labute approximate surface area is 100 Å². The quantitative estimate of drug-likeness (QED) is 0.862. The SMILES string of the molecule is CCCN1CCOC(CN)C1c1nccs1. The van der Waals surface area contributed by atoms with Crippen LogP contribution in [0.15, 0.2) is 11.6 Å². The molecule has 0 aromatic carbocycles. The highest BCUT2D eigenvalue weighted by Crippen LogP contribution is 2.30. The Hall–Kier alpha value is -0.490. The van der Waals surface area contributed by atoms with Crippen LogP contribution in [-0.4, -0.2) is 42.2 Å². The third-order valence-corrected chi connectivity index (χ3v) is 3.75. The van der Waals surface area contributed by atoms with Crippen molar-refractivity contribution < 1.29 is 4.74 Å². The van der Waals surface area contributed by atoms with Crippen LogP contribution < -0.4 is 5.73 Å². The van der Waals surface area contributed by atoms with Crippen LogP contribution in [0.4, 0.5) is 0 Å². The fraction of sp³-hybridized carbons (Fsp3) is 0.727. The lowest BCUT2D eigenvalue weighted by molar-refractivity contribution is -0.0676. The van der Waals surface area contributed by atoms with Crippen molar-refractivity contribution in [1.82, 2.24) is 9.88 Å². The van der Waals surface area contributed by atoms with Crippen molar-refractivity contribution in [3.63, 3.8) is 0 Å². The second-order valence-corrected chi connectivity index (χ2v) is 4.92. The van der Waals surface area contributed by atoms with E-state index in [-0.39, 0.29) is 12.1 Å².